The fourth-order valence-corrected chi connectivity index (χ4v) is 4.90. The van der Waals surface area contributed by atoms with Gasteiger partial charge in [0.15, 0.2) is 0 Å². The van der Waals surface area contributed by atoms with Crippen LogP contribution in [0.25, 0.3) is 22.3 Å². The molecule has 0 fully saturated rings. The van der Waals surface area contributed by atoms with Crippen molar-refractivity contribution in [3.63, 3.8) is 0 Å². The van der Waals surface area contributed by atoms with Crippen LogP contribution in [0.2, 0.25) is 0 Å². The number of aromatic hydroxyl groups is 1. The number of phenols is 1. The van der Waals surface area contributed by atoms with Crippen molar-refractivity contribution in [1.82, 2.24) is 9.97 Å². The molecule has 0 aliphatic heterocycles. The maximum Gasteiger partial charge on any atom is 0.147 e. The summed E-state index contributed by atoms with van der Waals surface area (Å²) in [5.41, 5.74) is 5.62. The van der Waals surface area contributed by atoms with Crippen LogP contribution in [-0.2, 0) is 10.8 Å². The molecule has 2 radical (unpaired) electrons. The minimum absolute atomic E-state index is 0.109. The molecule has 0 saturated heterocycles. The lowest BCUT2D eigenvalue weighted by Crippen LogP contribution is -2.43. The van der Waals surface area contributed by atoms with Crippen LogP contribution in [0.5, 0.6) is 5.75 Å². The van der Waals surface area contributed by atoms with Crippen LogP contribution in [-0.4, -0.2) is 22.9 Å². The van der Waals surface area contributed by atoms with Gasteiger partial charge < -0.3 is 5.11 Å². The Labute approximate surface area is 168 Å². The summed E-state index contributed by atoms with van der Waals surface area (Å²) in [5.74, 6) is 0.220. The van der Waals surface area contributed by atoms with Crippen LogP contribution in [0.15, 0.2) is 30.3 Å². The highest BCUT2D eigenvalue weighted by atomic mass is 16.3. The average molecular weight is 370 g/mol. The molecule has 28 heavy (non-hydrogen) atoms. The fourth-order valence-electron chi connectivity index (χ4n) is 4.90. The summed E-state index contributed by atoms with van der Waals surface area (Å²) in [6, 6.07) is 9.98. The number of aryl methyl sites for hydroxylation is 1. The van der Waals surface area contributed by atoms with Crippen molar-refractivity contribution in [2.24, 2.45) is 5.41 Å². The van der Waals surface area contributed by atoms with Crippen molar-refractivity contribution in [2.75, 3.05) is 0 Å². The number of fused-ring (bicyclic) bond motifs is 2. The predicted octanol–water partition coefficient (Wildman–Crippen LogP) is 4.70. The molecule has 0 saturated carbocycles. The molecule has 142 valence electrons. The van der Waals surface area contributed by atoms with E-state index in [4.69, 9.17) is 17.8 Å². The Morgan fingerprint density at radius 1 is 0.821 bits per heavy atom. The van der Waals surface area contributed by atoms with Crippen molar-refractivity contribution in [1.29, 1.82) is 0 Å². The molecule has 1 heterocycles. The molecule has 1 N–H and O–H groups in total. The van der Waals surface area contributed by atoms with Crippen molar-refractivity contribution >= 4 is 24.3 Å². The number of benzene rings is 2. The molecule has 2 aromatic carbocycles. The first-order valence-electron chi connectivity index (χ1n) is 9.82. The molecule has 3 nitrogen and oxygen atoms in total. The van der Waals surface area contributed by atoms with E-state index in [-0.39, 0.29) is 22.0 Å². The van der Waals surface area contributed by atoms with E-state index in [1.54, 1.807) is 0 Å². The number of hydrogen-bond acceptors (Lipinski definition) is 3. The van der Waals surface area contributed by atoms with E-state index in [0.29, 0.717) is 16.5 Å². The molecule has 4 heteroatoms. The maximum absolute atomic E-state index is 11.3. The number of aromatic nitrogens is 2. The minimum Gasteiger partial charge on any atom is -0.505 e. The second kappa shape index (κ2) is 5.59. The van der Waals surface area contributed by atoms with E-state index >= 15 is 0 Å². The normalized spacial score (nSPS) is 19.0. The highest BCUT2D eigenvalue weighted by molar-refractivity contribution is 6.40. The largest absolute Gasteiger partial charge is 0.505 e. The lowest BCUT2D eigenvalue weighted by Gasteiger charge is -2.44. The molecule has 1 aliphatic rings. The van der Waals surface area contributed by atoms with Gasteiger partial charge in [-0.15, -0.1) is 0 Å². The third-order valence-electron chi connectivity index (χ3n) is 7.73. The number of hydrogen-bond donors (Lipinski definition) is 1. The second-order valence-corrected chi connectivity index (χ2v) is 9.61. The molecule has 4 rings (SSSR count). The van der Waals surface area contributed by atoms with E-state index in [1.807, 2.05) is 37.3 Å². The molecule has 0 bridgehead atoms. The van der Waals surface area contributed by atoms with Gasteiger partial charge in [-0.3, -0.25) is 0 Å². The smallest absolute Gasteiger partial charge is 0.147 e. The highest BCUT2D eigenvalue weighted by Crippen LogP contribution is 2.63. The van der Waals surface area contributed by atoms with Gasteiger partial charge in [0.2, 0.25) is 0 Å². The van der Waals surface area contributed by atoms with E-state index in [9.17, 15) is 5.11 Å². The van der Waals surface area contributed by atoms with Crippen molar-refractivity contribution in [3.05, 3.63) is 47.2 Å². The Morgan fingerprint density at radius 3 is 2.00 bits per heavy atom. The van der Waals surface area contributed by atoms with Gasteiger partial charge in [-0.1, -0.05) is 77.3 Å². The van der Waals surface area contributed by atoms with Crippen LogP contribution in [0.1, 0.15) is 58.4 Å². The Hall–Kier alpha value is -2.36. The zero-order chi connectivity index (χ0) is 20.6. The Bertz CT molecular complexity index is 1110. The quantitative estimate of drug-likeness (QED) is 0.632. The highest BCUT2D eigenvalue weighted by Gasteiger charge is 2.59. The minimum atomic E-state index is -0.258. The van der Waals surface area contributed by atoms with Crippen LogP contribution in [0, 0.1) is 12.3 Å². The third-order valence-corrected chi connectivity index (χ3v) is 7.73. The Balaban J connectivity index is 2.14. The molecule has 1 aliphatic carbocycles. The van der Waals surface area contributed by atoms with Crippen molar-refractivity contribution in [2.45, 2.75) is 59.3 Å². The molecule has 0 spiro atoms. The molecule has 1 aromatic heterocycles. The molecular weight excluding hydrogens is 343 g/mol. The number of rotatable bonds is 1. The Morgan fingerprint density at radius 2 is 1.39 bits per heavy atom. The van der Waals surface area contributed by atoms with Crippen LogP contribution < -0.4 is 5.46 Å². The molecular formula is C24H27BN2O. The lowest BCUT2D eigenvalue weighted by molar-refractivity contribution is 0.124. The monoisotopic (exact) mass is 370 g/mol. The van der Waals surface area contributed by atoms with E-state index in [1.165, 1.54) is 0 Å². The van der Waals surface area contributed by atoms with Gasteiger partial charge in [-0.2, -0.15) is 0 Å². The standard InChI is InChI=1S/C24H27BN2O/c1-13-18(14-11-9-8-10-12-14)27-19-17(25)15-16(21(28)20(19)26-13)23(4,5)24(6,7)22(15,2)3/h8-12,28H,1-7H3. The van der Waals surface area contributed by atoms with Gasteiger partial charge >= 0.3 is 0 Å². The lowest BCUT2D eigenvalue weighted by atomic mass is 9.59. The second-order valence-electron chi connectivity index (χ2n) is 9.61. The molecule has 3 aromatic rings. The van der Waals surface area contributed by atoms with Crippen LogP contribution in [0.4, 0.5) is 0 Å². The van der Waals surface area contributed by atoms with E-state index in [0.717, 1.165) is 28.1 Å². The number of phenolic OH excluding ortho intramolecular Hbond substituents is 1. The Kier molecular flexibility index (Phi) is 3.79. The van der Waals surface area contributed by atoms with E-state index in [2.05, 4.69) is 41.5 Å². The summed E-state index contributed by atoms with van der Waals surface area (Å²) in [6.45, 7) is 15.2. The molecule has 0 unspecified atom stereocenters. The summed E-state index contributed by atoms with van der Waals surface area (Å²) in [5, 5.41) is 11.3. The fraction of sp³-hybridized carbons (Fsp3) is 0.417. The third kappa shape index (κ3) is 2.12. The van der Waals surface area contributed by atoms with E-state index < -0.39 is 0 Å². The number of nitrogens with zero attached hydrogens (tertiary/aromatic N) is 2. The average Bonchev–Trinajstić information content (AvgIpc) is 2.74. The van der Waals surface area contributed by atoms with Gasteiger partial charge in [0.25, 0.3) is 0 Å². The van der Waals surface area contributed by atoms with Crippen molar-refractivity contribution in [3.8, 4) is 17.0 Å². The summed E-state index contributed by atoms with van der Waals surface area (Å²) in [4.78, 5) is 9.65. The van der Waals surface area contributed by atoms with Crippen LogP contribution in [0.3, 0.4) is 0 Å². The molecule has 0 atom stereocenters. The topological polar surface area (TPSA) is 46.0 Å². The van der Waals surface area contributed by atoms with Gasteiger partial charge in [-0.05, 0) is 28.7 Å². The van der Waals surface area contributed by atoms with Crippen molar-refractivity contribution < 1.29 is 5.11 Å². The van der Waals surface area contributed by atoms with Gasteiger partial charge in [-0.25, -0.2) is 9.97 Å². The first kappa shape index (κ1) is 19.0. The summed E-state index contributed by atoms with van der Waals surface area (Å²) in [6.07, 6.45) is 0. The van der Waals surface area contributed by atoms with Crippen LogP contribution >= 0.6 is 0 Å². The zero-order valence-electron chi connectivity index (χ0n) is 17.8. The summed E-state index contributed by atoms with van der Waals surface area (Å²) < 4.78 is 0. The SMILES string of the molecule is [B]c1c2c(c(O)c3nc(C)c(-c4ccccc4)nc13)C(C)(C)C(C)(C)C2(C)C. The zero-order valence-corrected chi connectivity index (χ0v) is 17.8. The first-order chi connectivity index (χ1) is 12.9. The maximum atomic E-state index is 11.3. The van der Waals surface area contributed by atoms with Gasteiger partial charge in [0, 0.05) is 11.1 Å². The molecule has 0 amide bonds. The van der Waals surface area contributed by atoms with Gasteiger partial charge in [0.05, 0.1) is 16.9 Å². The van der Waals surface area contributed by atoms with Gasteiger partial charge in [0.1, 0.15) is 19.1 Å². The predicted molar refractivity (Wildman–Crippen MR) is 117 cm³/mol. The summed E-state index contributed by atoms with van der Waals surface area (Å²) in [7, 11) is 6.74. The summed E-state index contributed by atoms with van der Waals surface area (Å²) >= 11 is 0. The first-order valence-corrected chi connectivity index (χ1v) is 9.82.